The second-order valence-electron chi connectivity index (χ2n) is 11.9. The Kier molecular flexibility index (Phi) is 10.1. The van der Waals surface area contributed by atoms with Gasteiger partial charge < -0.3 is 25.7 Å². The first kappa shape index (κ1) is 33.6. The van der Waals surface area contributed by atoms with Gasteiger partial charge in [-0.05, 0) is 67.4 Å². The van der Waals surface area contributed by atoms with Gasteiger partial charge in [0.2, 0.25) is 5.91 Å². The fraction of sp³-hybridized carbons (Fsp3) is 0.100. The minimum absolute atomic E-state index is 0.114. The number of halogens is 2. The molecule has 3 heterocycles. The number of hydrogen-bond acceptors (Lipinski definition) is 7. The SMILES string of the molecule is O=C(Nc1cc(Nc2ccc(Cl)c(Cl)c2)nc2ccccc12)c1ccco1.O=C(Nc1cc(Nc2ccccc2)nc2ccccc12)C1CCC1. The third-order valence-corrected chi connectivity index (χ3v) is 9.14. The Morgan fingerprint density at radius 1 is 0.627 bits per heavy atom. The first-order valence-electron chi connectivity index (χ1n) is 16.4. The van der Waals surface area contributed by atoms with Crippen molar-refractivity contribution >= 4 is 91.2 Å². The number of amides is 2. The number of hydrogen-bond donors (Lipinski definition) is 4. The lowest BCUT2D eigenvalue weighted by Gasteiger charge is -2.24. The van der Waals surface area contributed by atoms with Crippen LogP contribution >= 0.6 is 23.2 Å². The van der Waals surface area contributed by atoms with Gasteiger partial charge in [-0.15, -0.1) is 0 Å². The van der Waals surface area contributed by atoms with Crippen molar-refractivity contribution in [2.45, 2.75) is 19.3 Å². The van der Waals surface area contributed by atoms with E-state index in [1.54, 1.807) is 36.4 Å². The van der Waals surface area contributed by atoms with Gasteiger partial charge in [0, 0.05) is 40.2 Å². The maximum Gasteiger partial charge on any atom is 0.291 e. The highest BCUT2D eigenvalue weighted by Gasteiger charge is 2.25. The molecule has 0 aliphatic heterocycles. The average Bonchev–Trinajstić information content (AvgIpc) is 3.66. The van der Waals surface area contributed by atoms with E-state index in [4.69, 9.17) is 27.6 Å². The Hall–Kier alpha value is -5.90. The molecule has 51 heavy (non-hydrogen) atoms. The summed E-state index contributed by atoms with van der Waals surface area (Å²) in [5.74, 6) is 1.45. The summed E-state index contributed by atoms with van der Waals surface area (Å²) in [5.41, 5.74) is 4.73. The minimum atomic E-state index is -0.336. The smallest absolute Gasteiger partial charge is 0.291 e. The Balaban J connectivity index is 0.000000160. The molecule has 4 N–H and O–H groups in total. The summed E-state index contributed by atoms with van der Waals surface area (Å²) in [6.45, 7) is 0. The average molecular weight is 716 g/mol. The van der Waals surface area contributed by atoms with Crippen molar-refractivity contribution in [3.8, 4) is 0 Å². The molecule has 2 amide bonds. The molecule has 0 saturated heterocycles. The van der Waals surface area contributed by atoms with E-state index >= 15 is 0 Å². The van der Waals surface area contributed by atoms with E-state index in [1.165, 1.54) is 6.26 Å². The van der Waals surface area contributed by atoms with E-state index in [1.807, 2.05) is 84.9 Å². The van der Waals surface area contributed by atoms with Crippen LogP contribution in [0.1, 0.15) is 29.8 Å². The van der Waals surface area contributed by atoms with Gasteiger partial charge in [-0.3, -0.25) is 9.59 Å². The molecule has 3 aromatic heterocycles. The number of pyridine rings is 2. The summed E-state index contributed by atoms with van der Waals surface area (Å²) in [7, 11) is 0. The van der Waals surface area contributed by atoms with E-state index in [0.717, 1.165) is 63.9 Å². The molecule has 254 valence electrons. The topological polar surface area (TPSA) is 121 Å². The van der Waals surface area contributed by atoms with Gasteiger partial charge in [0.25, 0.3) is 5.91 Å². The van der Waals surface area contributed by atoms with Gasteiger partial charge in [0.15, 0.2) is 5.76 Å². The molecule has 9 nitrogen and oxygen atoms in total. The highest BCUT2D eigenvalue weighted by atomic mass is 35.5. The second-order valence-corrected chi connectivity index (χ2v) is 12.8. The molecule has 11 heteroatoms. The maximum atomic E-state index is 12.4. The lowest BCUT2D eigenvalue weighted by atomic mass is 9.85. The van der Waals surface area contributed by atoms with Crippen LogP contribution in [0, 0.1) is 5.92 Å². The summed E-state index contributed by atoms with van der Waals surface area (Å²) < 4.78 is 5.16. The number of furan rings is 1. The van der Waals surface area contributed by atoms with Crippen LogP contribution in [0.15, 0.2) is 132 Å². The van der Waals surface area contributed by atoms with Crippen LogP contribution in [0.5, 0.6) is 0 Å². The molecule has 7 aromatic rings. The van der Waals surface area contributed by atoms with Gasteiger partial charge in [-0.1, -0.05) is 84.2 Å². The zero-order chi connectivity index (χ0) is 35.2. The lowest BCUT2D eigenvalue weighted by Crippen LogP contribution is -2.28. The third kappa shape index (κ3) is 8.12. The fourth-order valence-electron chi connectivity index (χ4n) is 5.57. The Bertz CT molecular complexity index is 2330. The van der Waals surface area contributed by atoms with Crippen LogP contribution in [0.25, 0.3) is 21.8 Å². The summed E-state index contributed by atoms with van der Waals surface area (Å²) in [4.78, 5) is 34.0. The van der Waals surface area contributed by atoms with Crippen molar-refractivity contribution in [2.75, 3.05) is 21.3 Å². The van der Waals surface area contributed by atoms with Gasteiger partial charge >= 0.3 is 0 Å². The molecule has 1 aliphatic rings. The van der Waals surface area contributed by atoms with Crippen LogP contribution in [0.4, 0.5) is 34.4 Å². The van der Waals surface area contributed by atoms with E-state index in [-0.39, 0.29) is 23.5 Å². The van der Waals surface area contributed by atoms with E-state index in [2.05, 4.69) is 31.2 Å². The highest BCUT2D eigenvalue weighted by Crippen LogP contribution is 2.32. The van der Waals surface area contributed by atoms with Crippen molar-refractivity contribution in [3.63, 3.8) is 0 Å². The van der Waals surface area contributed by atoms with Crippen LogP contribution in [-0.4, -0.2) is 21.8 Å². The standard InChI is InChI=1S/C20H13Cl2N3O2.C20H19N3O/c21-14-8-7-12(10-15(14)22)23-19-11-17(13-4-1-2-5-16(13)24-19)25-20(26)18-6-3-9-27-18;24-20(14-7-6-8-14)23-18-13-19(21-15-9-2-1-3-10-15)22-17-12-5-4-11-16(17)18/h1-11H,(H2,23,24,25,26);1-5,9-14H,6-8H2,(H2,21,22,23,24). The predicted octanol–water partition coefficient (Wildman–Crippen LogP) is 10.8. The number of benzene rings is 4. The van der Waals surface area contributed by atoms with E-state index < -0.39 is 0 Å². The number of nitrogens with one attached hydrogen (secondary N) is 4. The summed E-state index contributed by atoms with van der Waals surface area (Å²) in [5, 5.41) is 15.1. The van der Waals surface area contributed by atoms with Gasteiger partial charge in [0.1, 0.15) is 11.6 Å². The maximum absolute atomic E-state index is 12.4. The molecule has 0 bridgehead atoms. The van der Waals surface area contributed by atoms with Crippen molar-refractivity contribution < 1.29 is 14.0 Å². The van der Waals surface area contributed by atoms with Gasteiger partial charge in [-0.25, -0.2) is 9.97 Å². The van der Waals surface area contributed by atoms with Crippen molar-refractivity contribution in [1.29, 1.82) is 0 Å². The van der Waals surface area contributed by atoms with Crippen molar-refractivity contribution in [1.82, 2.24) is 9.97 Å². The van der Waals surface area contributed by atoms with Crippen LogP contribution < -0.4 is 21.3 Å². The number of anilines is 6. The van der Waals surface area contributed by atoms with Crippen LogP contribution in [0.2, 0.25) is 10.0 Å². The number of rotatable bonds is 8. The number of fused-ring (bicyclic) bond motifs is 2. The van der Waals surface area contributed by atoms with Crippen molar-refractivity contribution in [2.24, 2.45) is 5.92 Å². The molecule has 0 unspecified atom stereocenters. The predicted molar refractivity (Wildman–Crippen MR) is 206 cm³/mol. The number of para-hydroxylation sites is 3. The van der Waals surface area contributed by atoms with Gasteiger partial charge in [-0.2, -0.15) is 0 Å². The second kappa shape index (κ2) is 15.3. The number of aromatic nitrogens is 2. The summed E-state index contributed by atoms with van der Waals surface area (Å²) in [6, 6.07) is 37.5. The number of carbonyl (C=O) groups excluding carboxylic acids is 2. The molecule has 0 radical (unpaired) electrons. The fourth-order valence-corrected chi connectivity index (χ4v) is 5.87. The minimum Gasteiger partial charge on any atom is -0.459 e. The Morgan fingerprint density at radius 2 is 1.24 bits per heavy atom. The van der Waals surface area contributed by atoms with Crippen molar-refractivity contribution in [3.05, 3.63) is 143 Å². The molecular weight excluding hydrogens is 683 g/mol. The van der Waals surface area contributed by atoms with E-state index in [9.17, 15) is 9.59 Å². The molecule has 0 atom stereocenters. The molecule has 1 aliphatic carbocycles. The molecule has 4 aromatic carbocycles. The normalized spacial score (nSPS) is 12.4. The largest absolute Gasteiger partial charge is 0.459 e. The Labute approximate surface area is 304 Å². The summed E-state index contributed by atoms with van der Waals surface area (Å²) >= 11 is 12.0. The molecule has 1 fully saturated rings. The number of carbonyl (C=O) groups is 2. The molecule has 1 saturated carbocycles. The lowest BCUT2D eigenvalue weighted by molar-refractivity contribution is -0.122. The Morgan fingerprint density at radius 3 is 1.82 bits per heavy atom. The molecular formula is C40H32Cl2N6O3. The highest BCUT2D eigenvalue weighted by molar-refractivity contribution is 6.42. The third-order valence-electron chi connectivity index (χ3n) is 8.40. The quantitative estimate of drug-likeness (QED) is 0.124. The van der Waals surface area contributed by atoms with Crippen LogP contribution in [0.3, 0.4) is 0 Å². The number of nitrogens with zero attached hydrogens (tertiary/aromatic N) is 2. The summed E-state index contributed by atoms with van der Waals surface area (Å²) in [6.07, 6.45) is 4.58. The van der Waals surface area contributed by atoms with Crippen LogP contribution in [-0.2, 0) is 4.79 Å². The zero-order valence-corrected chi connectivity index (χ0v) is 28.7. The monoisotopic (exact) mass is 714 g/mol. The van der Waals surface area contributed by atoms with E-state index in [0.29, 0.717) is 21.6 Å². The first-order valence-corrected chi connectivity index (χ1v) is 17.1. The molecule has 0 spiro atoms. The first-order chi connectivity index (χ1) is 24.9. The van der Waals surface area contributed by atoms with Gasteiger partial charge in [0.05, 0.1) is 38.7 Å². The zero-order valence-electron chi connectivity index (χ0n) is 27.2. The molecule has 8 rings (SSSR count).